The van der Waals surface area contributed by atoms with Crippen LogP contribution in [0.5, 0.6) is 11.5 Å². The number of hydrogen-bond acceptors (Lipinski definition) is 5. The van der Waals surface area contributed by atoms with Crippen molar-refractivity contribution in [3.05, 3.63) is 23.8 Å². The van der Waals surface area contributed by atoms with Crippen LogP contribution in [0.4, 0.5) is 0 Å². The Labute approximate surface area is 115 Å². The Balaban J connectivity index is 1.85. The Morgan fingerprint density at radius 1 is 1.30 bits per heavy atom. The van der Waals surface area contributed by atoms with Gasteiger partial charge in [0.1, 0.15) is 6.04 Å². The quantitative estimate of drug-likeness (QED) is 0.673. The van der Waals surface area contributed by atoms with Crippen molar-refractivity contribution in [2.45, 2.75) is 18.9 Å². The van der Waals surface area contributed by atoms with Gasteiger partial charge in [-0.2, -0.15) is 0 Å². The number of carbonyl (C=O) groups excluding carboxylic acids is 1. The van der Waals surface area contributed by atoms with E-state index in [1.807, 2.05) is 6.07 Å². The number of aryl methyl sites for hydroxylation is 1. The summed E-state index contributed by atoms with van der Waals surface area (Å²) in [4.78, 5) is 22.2. The highest BCUT2D eigenvalue weighted by molar-refractivity contribution is 5.83. The number of carbonyl (C=O) groups is 2. The smallest absolute Gasteiger partial charge is 0.328 e. The maximum atomic E-state index is 11.6. The van der Waals surface area contributed by atoms with E-state index in [0.29, 0.717) is 17.9 Å². The summed E-state index contributed by atoms with van der Waals surface area (Å²) in [6.07, 6.45) is 0.573. The minimum Gasteiger partial charge on any atom is -0.480 e. The van der Waals surface area contributed by atoms with Gasteiger partial charge in [0, 0.05) is 6.42 Å². The highest BCUT2D eigenvalue weighted by Gasteiger charge is 2.19. The normalized spacial score (nSPS) is 13.8. The molecule has 2 rings (SSSR count). The SMILES string of the molecule is O=C(CCc1ccc2c(c1)OCO2)N[C@@H](CO)C(=O)O. The predicted octanol–water partition coefficient (Wildman–Crippen LogP) is -0.0904. The van der Waals surface area contributed by atoms with E-state index >= 15 is 0 Å². The van der Waals surface area contributed by atoms with Crippen molar-refractivity contribution in [2.24, 2.45) is 0 Å². The van der Waals surface area contributed by atoms with Gasteiger partial charge in [0.05, 0.1) is 6.61 Å². The molecule has 20 heavy (non-hydrogen) atoms. The third-order valence-electron chi connectivity index (χ3n) is 2.89. The van der Waals surface area contributed by atoms with Crippen molar-refractivity contribution in [1.82, 2.24) is 5.32 Å². The zero-order valence-electron chi connectivity index (χ0n) is 10.7. The van der Waals surface area contributed by atoms with Crippen molar-refractivity contribution in [1.29, 1.82) is 0 Å². The van der Waals surface area contributed by atoms with Gasteiger partial charge in [-0.15, -0.1) is 0 Å². The largest absolute Gasteiger partial charge is 0.480 e. The molecule has 0 aromatic heterocycles. The van der Waals surface area contributed by atoms with Gasteiger partial charge in [-0.3, -0.25) is 4.79 Å². The average molecular weight is 281 g/mol. The van der Waals surface area contributed by atoms with E-state index in [1.54, 1.807) is 12.1 Å². The zero-order chi connectivity index (χ0) is 14.5. The maximum Gasteiger partial charge on any atom is 0.328 e. The molecule has 108 valence electrons. The maximum absolute atomic E-state index is 11.6. The van der Waals surface area contributed by atoms with Gasteiger partial charge in [-0.25, -0.2) is 4.79 Å². The first-order valence-corrected chi connectivity index (χ1v) is 6.11. The van der Waals surface area contributed by atoms with Gasteiger partial charge in [-0.1, -0.05) is 6.07 Å². The lowest BCUT2D eigenvalue weighted by molar-refractivity contribution is -0.142. The molecule has 0 spiro atoms. The van der Waals surface area contributed by atoms with Gasteiger partial charge in [0.25, 0.3) is 0 Å². The van der Waals surface area contributed by atoms with Crippen LogP contribution in [0.25, 0.3) is 0 Å². The summed E-state index contributed by atoms with van der Waals surface area (Å²) in [6.45, 7) is -0.443. The minimum absolute atomic E-state index is 0.128. The molecule has 1 atom stereocenters. The number of amides is 1. The summed E-state index contributed by atoms with van der Waals surface area (Å²) in [5, 5.41) is 19.8. The average Bonchev–Trinajstić information content (AvgIpc) is 2.89. The van der Waals surface area contributed by atoms with Crippen LogP contribution < -0.4 is 14.8 Å². The summed E-state index contributed by atoms with van der Waals surface area (Å²) in [6, 6.07) is 4.11. The van der Waals surface area contributed by atoms with Gasteiger partial charge < -0.3 is 25.0 Å². The predicted molar refractivity (Wildman–Crippen MR) is 67.5 cm³/mol. The molecule has 0 unspecified atom stereocenters. The molecule has 0 saturated heterocycles. The number of hydrogen-bond donors (Lipinski definition) is 3. The molecule has 0 bridgehead atoms. The van der Waals surface area contributed by atoms with E-state index in [1.165, 1.54) is 0 Å². The zero-order valence-corrected chi connectivity index (χ0v) is 10.7. The number of aliphatic hydroxyl groups excluding tert-OH is 1. The van der Waals surface area contributed by atoms with Crippen molar-refractivity contribution >= 4 is 11.9 Å². The van der Waals surface area contributed by atoms with Crippen LogP contribution in [0.15, 0.2) is 18.2 Å². The molecule has 0 radical (unpaired) electrons. The van der Waals surface area contributed by atoms with Crippen LogP contribution in [0.3, 0.4) is 0 Å². The Morgan fingerprint density at radius 2 is 2.05 bits per heavy atom. The fourth-order valence-corrected chi connectivity index (χ4v) is 1.81. The molecule has 0 saturated carbocycles. The first-order chi connectivity index (χ1) is 9.60. The summed E-state index contributed by atoms with van der Waals surface area (Å²) < 4.78 is 10.4. The fraction of sp³-hybridized carbons (Fsp3) is 0.385. The monoisotopic (exact) mass is 281 g/mol. The van der Waals surface area contributed by atoms with Gasteiger partial charge in [0.15, 0.2) is 11.5 Å². The molecular weight excluding hydrogens is 266 g/mol. The Hall–Kier alpha value is -2.28. The summed E-state index contributed by atoms with van der Waals surface area (Å²) >= 11 is 0. The molecular formula is C13H15NO6. The minimum atomic E-state index is -1.26. The van der Waals surface area contributed by atoms with Gasteiger partial charge in [-0.05, 0) is 24.1 Å². The second-order valence-corrected chi connectivity index (χ2v) is 4.33. The Morgan fingerprint density at radius 3 is 2.75 bits per heavy atom. The second-order valence-electron chi connectivity index (χ2n) is 4.33. The Bertz CT molecular complexity index is 516. The first kappa shape index (κ1) is 14.1. The molecule has 7 nitrogen and oxygen atoms in total. The van der Waals surface area contributed by atoms with E-state index in [-0.39, 0.29) is 13.2 Å². The second kappa shape index (κ2) is 6.25. The molecule has 1 heterocycles. The number of fused-ring (bicyclic) bond motifs is 1. The summed E-state index contributed by atoms with van der Waals surface area (Å²) in [7, 11) is 0. The molecule has 1 aromatic rings. The van der Waals surface area contributed by atoms with Crippen LogP contribution in [0, 0.1) is 0 Å². The number of aliphatic carboxylic acids is 1. The van der Waals surface area contributed by atoms with Crippen LogP contribution in [-0.2, 0) is 16.0 Å². The van der Waals surface area contributed by atoms with Crippen LogP contribution in [0.2, 0.25) is 0 Å². The number of carboxylic acids is 1. The lowest BCUT2D eigenvalue weighted by atomic mass is 10.1. The third kappa shape index (κ3) is 3.39. The van der Waals surface area contributed by atoms with E-state index in [2.05, 4.69) is 5.32 Å². The molecule has 1 amide bonds. The van der Waals surface area contributed by atoms with E-state index < -0.39 is 24.5 Å². The van der Waals surface area contributed by atoms with Crippen molar-refractivity contribution in [3.8, 4) is 11.5 Å². The van der Waals surface area contributed by atoms with Crippen molar-refractivity contribution in [3.63, 3.8) is 0 Å². The molecule has 7 heteroatoms. The van der Waals surface area contributed by atoms with E-state index in [4.69, 9.17) is 19.7 Å². The van der Waals surface area contributed by atoms with Gasteiger partial charge >= 0.3 is 5.97 Å². The highest BCUT2D eigenvalue weighted by Crippen LogP contribution is 2.32. The third-order valence-corrected chi connectivity index (χ3v) is 2.89. The molecule has 1 aliphatic rings. The first-order valence-electron chi connectivity index (χ1n) is 6.11. The molecule has 0 fully saturated rings. The summed E-state index contributed by atoms with van der Waals surface area (Å²) in [5.74, 6) is -0.376. The molecule has 0 aliphatic carbocycles. The number of carboxylic acid groups (broad SMARTS) is 1. The number of nitrogens with one attached hydrogen (secondary N) is 1. The van der Waals surface area contributed by atoms with Crippen molar-refractivity contribution < 1.29 is 29.3 Å². The lowest BCUT2D eigenvalue weighted by Gasteiger charge is -2.11. The lowest BCUT2D eigenvalue weighted by Crippen LogP contribution is -2.43. The van der Waals surface area contributed by atoms with E-state index in [0.717, 1.165) is 5.56 Å². The molecule has 1 aromatic carbocycles. The Kier molecular flexibility index (Phi) is 4.41. The van der Waals surface area contributed by atoms with Gasteiger partial charge in [0.2, 0.25) is 12.7 Å². The molecule has 1 aliphatic heterocycles. The summed E-state index contributed by atoms with van der Waals surface area (Å²) in [5.41, 5.74) is 0.889. The van der Waals surface area contributed by atoms with Crippen LogP contribution in [-0.4, -0.2) is 41.5 Å². The molecule has 3 N–H and O–H groups in total. The fourth-order valence-electron chi connectivity index (χ4n) is 1.81. The number of ether oxygens (including phenoxy) is 2. The topological polar surface area (TPSA) is 105 Å². The number of benzene rings is 1. The number of rotatable bonds is 6. The number of aliphatic hydroxyl groups is 1. The standard InChI is InChI=1S/C13H15NO6/c15-6-9(13(17)18)14-12(16)4-2-8-1-3-10-11(5-8)20-7-19-10/h1,3,5,9,15H,2,4,6-7H2,(H,14,16)(H,17,18)/t9-/m0/s1. The van der Waals surface area contributed by atoms with Crippen molar-refractivity contribution in [2.75, 3.05) is 13.4 Å². The van der Waals surface area contributed by atoms with Crippen LogP contribution >= 0.6 is 0 Å². The van der Waals surface area contributed by atoms with Crippen LogP contribution in [0.1, 0.15) is 12.0 Å². The van der Waals surface area contributed by atoms with E-state index in [9.17, 15) is 9.59 Å². The highest BCUT2D eigenvalue weighted by atomic mass is 16.7.